The summed E-state index contributed by atoms with van der Waals surface area (Å²) >= 11 is 0. The number of aliphatic carboxylic acids is 1. The largest absolute Gasteiger partial charge is 0.481 e. The van der Waals surface area contributed by atoms with E-state index in [1.165, 1.54) is 0 Å². The lowest BCUT2D eigenvalue weighted by Gasteiger charge is -2.16. The van der Waals surface area contributed by atoms with E-state index < -0.39 is 11.9 Å². The molecule has 1 aliphatic carbocycles. The van der Waals surface area contributed by atoms with Crippen molar-refractivity contribution >= 4 is 23.5 Å². The zero-order chi connectivity index (χ0) is 16.6. The molecule has 122 valence electrons. The molecule has 2 N–H and O–H groups in total. The minimum Gasteiger partial charge on any atom is -0.481 e. The van der Waals surface area contributed by atoms with Gasteiger partial charge in [0.1, 0.15) is 0 Å². The van der Waals surface area contributed by atoms with Crippen LogP contribution in [0.1, 0.15) is 30.1 Å². The van der Waals surface area contributed by atoms with Crippen LogP contribution in [0.5, 0.6) is 0 Å². The summed E-state index contributed by atoms with van der Waals surface area (Å²) in [5.74, 6) is -1.04. The van der Waals surface area contributed by atoms with E-state index in [4.69, 9.17) is 5.11 Å². The first kappa shape index (κ1) is 15.5. The Morgan fingerprint density at radius 1 is 1.30 bits per heavy atom. The van der Waals surface area contributed by atoms with E-state index in [1.54, 1.807) is 29.2 Å². The van der Waals surface area contributed by atoms with Crippen LogP contribution in [0.4, 0.5) is 5.69 Å². The highest BCUT2D eigenvalue weighted by Crippen LogP contribution is 2.38. The van der Waals surface area contributed by atoms with Crippen LogP contribution in [0.15, 0.2) is 24.3 Å². The van der Waals surface area contributed by atoms with E-state index in [2.05, 4.69) is 5.32 Å². The van der Waals surface area contributed by atoms with Crippen LogP contribution in [0.2, 0.25) is 0 Å². The number of nitrogens with zero attached hydrogens (tertiary/aromatic N) is 1. The van der Waals surface area contributed by atoms with Gasteiger partial charge in [-0.3, -0.25) is 14.4 Å². The van der Waals surface area contributed by atoms with Gasteiger partial charge in [0.25, 0.3) is 5.91 Å². The lowest BCUT2D eigenvalue weighted by atomic mass is 10.1. The molecular weight excluding hydrogens is 296 g/mol. The molecule has 0 bridgehead atoms. The van der Waals surface area contributed by atoms with Gasteiger partial charge in [-0.05, 0) is 37.0 Å². The van der Waals surface area contributed by atoms with Crippen LogP contribution in [-0.4, -0.2) is 40.9 Å². The third-order valence-corrected chi connectivity index (χ3v) is 4.65. The van der Waals surface area contributed by atoms with Crippen molar-refractivity contribution in [1.29, 1.82) is 0 Å². The van der Waals surface area contributed by atoms with Crippen molar-refractivity contribution in [3.63, 3.8) is 0 Å². The molecule has 1 aliphatic heterocycles. The van der Waals surface area contributed by atoms with Gasteiger partial charge in [-0.25, -0.2) is 0 Å². The maximum absolute atomic E-state index is 12.5. The second-order valence-corrected chi connectivity index (χ2v) is 6.46. The molecule has 3 atom stereocenters. The Hall–Kier alpha value is -2.37. The summed E-state index contributed by atoms with van der Waals surface area (Å²) in [6.45, 7) is 2.73. The summed E-state index contributed by atoms with van der Waals surface area (Å²) in [6.07, 6.45) is 1.39. The third kappa shape index (κ3) is 3.36. The van der Waals surface area contributed by atoms with E-state index in [1.807, 2.05) is 6.92 Å². The predicted octanol–water partition coefficient (Wildman–Crippen LogP) is 1.83. The maximum atomic E-state index is 12.5. The zero-order valence-corrected chi connectivity index (χ0v) is 13.0. The lowest BCUT2D eigenvalue weighted by Crippen LogP contribution is -2.30. The first-order valence-corrected chi connectivity index (χ1v) is 7.88. The molecule has 1 saturated carbocycles. The smallest absolute Gasteiger partial charge is 0.308 e. The molecule has 2 fully saturated rings. The number of amides is 2. The highest BCUT2D eigenvalue weighted by atomic mass is 16.4. The van der Waals surface area contributed by atoms with Gasteiger partial charge >= 0.3 is 5.97 Å². The maximum Gasteiger partial charge on any atom is 0.308 e. The Morgan fingerprint density at radius 2 is 2.04 bits per heavy atom. The van der Waals surface area contributed by atoms with E-state index in [9.17, 15) is 14.4 Å². The molecule has 23 heavy (non-hydrogen) atoms. The first-order valence-electron chi connectivity index (χ1n) is 7.88. The molecule has 1 aromatic rings. The third-order valence-electron chi connectivity index (χ3n) is 4.65. The molecule has 0 radical (unpaired) electrons. The van der Waals surface area contributed by atoms with Crippen LogP contribution >= 0.6 is 0 Å². The van der Waals surface area contributed by atoms with Crippen LogP contribution in [0, 0.1) is 17.8 Å². The van der Waals surface area contributed by atoms with Crippen molar-refractivity contribution in [2.75, 3.05) is 18.4 Å². The lowest BCUT2D eigenvalue weighted by molar-refractivity contribution is -0.141. The Morgan fingerprint density at radius 3 is 2.65 bits per heavy atom. The minimum absolute atomic E-state index is 0.00536. The van der Waals surface area contributed by atoms with E-state index in [0.29, 0.717) is 30.1 Å². The molecule has 1 saturated heterocycles. The van der Waals surface area contributed by atoms with Crippen molar-refractivity contribution < 1.29 is 19.5 Å². The number of rotatable bonds is 4. The van der Waals surface area contributed by atoms with Gasteiger partial charge in [-0.2, -0.15) is 0 Å². The highest BCUT2D eigenvalue weighted by molar-refractivity contribution is 5.98. The minimum atomic E-state index is -0.861. The molecule has 6 heteroatoms. The van der Waals surface area contributed by atoms with E-state index in [-0.39, 0.29) is 24.3 Å². The van der Waals surface area contributed by atoms with Gasteiger partial charge in [-0.1, -0.05) is 13.0 Å². The molecule has 6 nitrogen and oxygen atoms in total. The summed E-state index contributed by atoms with van der Waals surface area (Å²) in [7, 11) is 0. The van der Waals surface area contributed by atoms with Gasteiger partial charge in [0.15, 0.2) is 0 Å². The number of carbonyl (C=O) groups is 3. The second-order valence-electron chi connectivity index (χ2n) is 6.46. The van der Waals surface area contributed by atoms with Crippen molar-refractivity contribution in [3.05, 3.63) is 29.8 Å². The Bertz CT molecular complexity index is 658. The molecule has 1 aromatic carbocycles. The number of hydrogen-bond donors (Lipinski definition) is 2. The predicted molar refractivity (Wildman–Crippen MR) is 84.0 cm³/mol. The number of benzene rings is 1. The van der Waals surface area contributed by atoms with Crippen LogP contribution < -0.4 is 5.32 Å². The SMILES string of the molecule is CC1CC1C(=O)Nc1cccc(C(=O)N2CCC(C(=O)O)C2)c1. The Balaban J connectivity index is 1.66. The molecule has 2 amide bonds. The van der Waals surface area contributed by atoms with Gasteiger partial charge < -0.3 is 15.3 Å². The van der Waals surface area contributed by atoms with Crippen molar-refractivity contribution in [3.8, 4) is 0 Å². The molecule has 2 aliphatic rings. The van der Waals surface area contributed by atoms with Gasteiger partial charge in [0, 0.05) is 30.3 Å². The number of hydrogen-bond acceptors (Lipinski definition) is 3. The average Bonchev–Trinajstić information content (AvgIpc) is 3.06. The van der Waals surface area contributed by atoms with Crippen molar-refractivity contribution in [1.82, 2.24) is 4.90 Å². The summed E-state index contributed by atoms with van der Waals surface area (Å²) in [5, 5.41) is 11.9. The molecule has 3 rings (SSSR count). The van der Waals surface area contributed by atoms with Gasteiger partial charge in [0.05, 0.1) is 5.92 Å². The number of anilines is 1. The highest BCUT2D eigenvalue weighted by Gasteiger charge is 2.39. The monoisotopic (exact) mass is 316 g/mol. The molecule has 3 unspecified atom stereocenters. The average molecular weight is 316 g/mol. The Labute approximate surface area is 134 Å². The quantitative estimate of drug-likeness (QED) is 0.887. The normalized spacial score (nSPS) is 26.0. The Kier molecular flexibility index (Phi) is 4.07. The van der Waals surface area contributed by atoms with Crippen molar-refractivity contribution in [2.45, 2.75) is 19.8 Å². The number of carboxylic acid groups (broad SMARTS) is 1. The molecule has 0 spiro atoms. The number of likely N-dealkylation sites (tertiary alicyclic amines) is 1. The summed E-state index contributed by atoms with van der Waals surface area (Å²) < 4.78 is 0. The number of carbonyl (C=O) groups excluding carboxylic acids is 2. The standard InChI is InChI=1S/C17H20N2O4/c1-10-7-14(10)15(20)18-13-4-2-3-11(8-13)16(21)19-6-5-12(9-19)17(22)23/h2-4,8,10,12,14H,5-7,9H2,1H3,(H,18,20)(H,22,23). The summed E-state index contributed by atoms with van der Waals surface area (Å²) in [5.41, 5.74) is 1.08. The number of nitrogens with one attached hydrogen (secondary N) is 1. The van der Waals surface area contributed by atoms with Crippen LogP contribution in [0.25, 0.3) is 0 Å². The fourth-order valence-electron chi connectivity index (χ4n) is 2.98. The molecule has 0 aromatic heterocycles. The van der Waals surface area contributed by atoms with Crippen molar-refractivity contribution in [2.24, 2.45) is 17.8 Å². The van der Waals surface area contributed by atoms with Crippen LogP contribution in [0.3, 0.4) is 0 Å². The molecule has 1 heterocycles. The van der Waals surface area contributed by atoms with Gasteiger partial charge in [-0.15, -0.1) is 0 Å². The first-order chi connectivity index (χ1) is 11.0. The van der Waals surface area contributed by atoms with E-state index >= 15 is 0 Å². The zero-order valence-electron chi connectivity index (χ0n) is 13.0. The second kappa shape index (κ2) is 6.02. The van der Waals surface area contributed by atoms with Gasteiger partial charge in [0.2, 0.25) is 5.91 Å². The summed E-state index contributed by atoms with van der Waals surface area (Å²) in [6, 6.07) is 6.82. The number of carboxylic acids is 1. The van der Waals surface area contributed by atoms with Crippen LogP contribution in [-0.2, 0) is 9.59 Å². The summed E-state index contributed by atoms with van der Waals surface area (Å²) in [4.78, 5) is 37.0. The van der Waals surface area contributed by atoms with E-state index in [0.717, 1.165) is 6.42 Å². The topological polar surface area (TPSA) is 86.7 Å². The molecular formula is C17H20N2O4. The fourth-order valence-corrected chi connectivity index (χ4v) is 2.98. The fraction of sp³-hybridized carbons (Fsp3) is 0.471.